The molecule has 4 heterocycles. The Hall–Kier alpha value is -3.43. The molecule has 0 aromatic carbocycles. The lowest BCUT2D eigenvalue weighted by Crippen LogP contribution is -2.38. The van der Waals surface area contributed by atoms with Crippen LogP contribution in [0.1, 0.15) is 32.3 Å². The highest BCUT2D eigenvalue weighted by molar-refractivity contribution is 7.10. The molecular formula is C23H29N9O2S. The number of aromatic nitrogens is 4. The van der Waals surface area contributed by atoms with Crippen molar-refractivity contribution in [2.75, 3.05) is 37.0 Å². The van der Waals surface area contributed by atoms with Crippen LogP contribution >= 0.6 is 11.5 Å². The van der Waals surface area contributed by atoms with Crippen molar-refractivity contribution in [1.82, 2.24) is 24.2 Å². The lowest BCUT2D eigenvalue weighted by Gasteiger charge is -2.29. The van der Waals surface area contributed by atoms with E-state index < -0.39 is 5.54 Å². The number of nitrogens with two attached hydrogens (primary N) is 1. The predicted molar refractivity (Wildman–Crippen MR) is 133 cm³/mol. The first-order valence-corrected chi connectivity index (χ1v) is 12.4. The third kappa shape index (κ3) is 4.74. The van der Waals surface area contributed by atoms with Crippen LogP contribution in [0.3, 0.4) is 0 Å². The monoisotopic (exact) mass is 495 g/mol. The Morgan fingerprint density at radius 3 is 2.86 bits per heavy atom. The molecule has 1 saturated heterocycles. The first-order valence-electron chi connectivity index (χ1n) is 11.6. The van der Waals surface area contributed by atoms with E-state index in [4.69, 9.17) is 10.5 Å². The van der Waals surface area contributed by atoms with Gasteiger partial charge in [0.15, 0.2) is 0 Å². The molecule has 184 valence electrons. The van der Waals surface area contributed by atoms with Gasteiger partial charge < -0.3 is 25.3 Å². The zero-order chi connectivity index (χ0) is 24.7. The Bertz CT molecular complexity index is 1260. The lowest BCUT2D eigenvalue weighted by molar-refractivity contribution is 0.218. The molecule has 5 rings (SSSR count). The number of carbonyl (C=O) groups excluding carboxylic acids is 1. The summed E-state index contributed by atoms with van der Waals surface area (Å²) in [7, 11) is 2.06. The zero-order valence-electron chi connectivity index (χ0n) is 20.0. The Kier molecular flexibility index (Phi) is 5.98. The number of pyridine rings is 1. The number of nitriles is 1. The normalized spacial score (nSPS) is 21.7. The summed E-state index contributed by atoms with van der Waals surface area (Å²) in [5.74, 6) is 0.838. The van der Waals surface area contributed by atoms with E-state index in [0.717, 1.165) is 41.1 Å². The Morgan fingerprint density at radius 2 is 2.17 bits per heavy atom. The third-order valence-corrected chi connectivity index (χ3v) is 7.40. The maximum absolute atomic E-state index is 12.8. The molecule has 2 aliphatic rings. The highest BCUT2D eigenvalue weighted by Crippen LogP contribution is 2.42. The molecule has 1 saturated carbocycles. The van der Waals surface area contributed by atoms with Crippen LogP contribution in [0.2, 0.25) is 0 Å². The number of nitrogens with zero attached hydrogens (tertiary/aromatic N) is 6. The summed E-state index contributed by atoms with van der Waals surface area (Å²) in [6.45, 7) is 5.40. The molecule has 0 spiro atoms. The zero-order valence-corrected chi connectivity index (χ0v) is 20.8. The predicted octanol–water partition coefficient (Wildman–Crippen LogP) is 2.78. The lowest BCUT2D eigenvalue weighted by atomic mass is 10.0. The number of fused-ring (bicyclic) bond motifs is 2. The summed E-state index contributed by atoms with van der Waals surface area (Å²) in [5.41, 5.74) is 7.71. The summed E-state index contributed by atoms with van der Waals surface area (Å²) in [6, 6.07) is 4.62. The highest BCUT2D eigenvalue weighted by atomic mass is 32.1. The molecule has 0 bridgehead atoms. The molecular weight excluding hydrogens is 466 g/mol. The maximum atomic E-state index is 12.8. The van der Waals surface area contributed by atoms with Gasteiger partial charge in [-0.05, 0) is 44.6 Å². The number of H-pyrrole nitrogens is 1. The Balaban J connectivity index is 1.19. The standard InChI is InChI=1S/C23H29N9O2S/c1-23(2,25)12-34-20-28-21(35-30-20)29-22(33)32-10-13-6-16(7-14(13)11-32)31(3)18-15(8-24)9-27-19-17(18)4-5-26-19/h4-5,9,13-14,16H,6-7,10-12,25H2,1-3H3,(H,26,27)(H,28,29,30,33)/t13-,14?,16?/m1/s1. The van der Waals surface area contributed by atoms with Gasteiger partial charge in [-0.3, -0.25) is 5.32 Å². The second kappa shape index (κ2) is 8.98. The van der Waals surface area contributed by atoms with Crippen LogP contribution in [0.5, 0.6) is 6.01 Å². The molecule has 3 aromatic heterocycles. The number of rotatable bonds is 6. The fourth-order valence-electron chi connectivity index (χ4n) is 5.13. The number of carbonyl (C=O) groups is 1. The molecule has 1 aliphatic carbocycles. The summed E-state index contributed by atoms with van der Waals surface area (Å²) >= 11 is 1.09. The minimum absolute atomic E-state index is 0.166. The van der Waals surface area contributed by atoms with Gasteiger partial charge >= 0.3 is 12.0 Å². The van der Waals surface area contributed by atoms with Crippen molar-refractivity contribution in [2.24, 2.45) is 17.6 Å². The van der Waals surface area contributed by atoms with Crippen molar-refractivity contribution in [3.05, 3.63) is 24.0 Å². The number of likely N-dealkylation sites (tertiary alicyclic amines) is 1. The van der Waals surface area contributed by atoms with Gasteiger partial charge in [-0.25, -0.2) is 9.78 Å². The van der Waals surface area contributed by atoms with E-state index in [9.17, 15) is 10.1 Å². The largest absolute Gasteiger partial charge is 0.461 e. The summed E-state index contributed by atoms with van der Waals surface area (Å²) in [5, 5.41) is 13.9. The molecule has 3 aromatic rings. The molecule has 2 fully saturated rings. The van der Waals surface area contributed by atoms with Crippen molar-refractivity contribution in [3.63, 3.8) is 0 Å². The van der Waals surface area contributed by atoms with Crippen molar-refractivity contribution < 1.29 is 9.53 Å². The fraction of sp³-hybridized carbons (Fsp3) is 0.522. The van der Waals surface area contributed by atoms with E-state index in [1.54, 1.807) is 6.20 Å². The second-order valence-electron chi connectivity index (χ2n) is 10.1. The van der Waals surface area contributed by atoms with E-state index in [0.29, 0.717) is 41.7 Å². The molecule has 1 aliphatic heterocycles. The van der Waals surface area contributed by atoms with Gasteiger partial charge in [0.2, 0.25) is 5.13 Å². The van der Waals surface area contributed by atoms with Gasteiger partial charge in [-0.2, -0.15) is 10.2 Å². The smallest absolute Gasteiger partial charge is 0.330 e. The minimum atomic E-state index is -0.491. The minimum Gasteiger partial charge on any atom is -0.461 e. The van der Waals surface area contributed by atoms with E-state index in [1.165, 1.54) is 0 Å². The summed E-state index contributed by atoms with van der Waals surface area (Å²) in [4.78, 5) is 28.6. The van der Waals surface area contributed by atoms with E-state index in [-0.39, 0.29) is 18.6 Å². The van der Waals surface area contributed by atoms with Crippen molar-refractivity contribution in [3.8, 4) is 12.1 Å². The quantitative estimate of drug-likeness (QED) is 0.473. The first kappa shape index (κ1) is 23.3. The van der Waals surface area contributed by atoms with Crippen LogP contribution in [0.25, 0.3) is 11.0 Å². The van der Waals surface area contributed by atoms with Crippen LogP contribution in [-0.4, -0.2) is 68.6 Å². The number of nitrogens with one attached hydrogen (secondary N) is 2. The van der Waals surface area contributed by atoms with Crippen molar-refractivity contribution in [1.29, 1.82) is 5.26 Å². The average molecular weight is 496 g/mol. The van der Waals surface area contributed by atoms with Gasteiger partial charge in [-0.15, -0.1) is 4.37 Å². The van der Waals surface area contributed by atoms with Gasteiger partial charge in [0.25, 0.3) is 0 Å². The number of hydrogen-bond donors (Lipinski definition) is 3. The highest BCUT2D eigenvalue weighted by Gasteiger charge is 2.44. The van der Waals surface area contributed by atoms with E-state index in [2.05, 4.69) is 42.7 Å². The van der Waals surface area contributed by atoms with Crippen LogP contribution < -0.4 is 20.7 Å². The third-order valence-electron chi connectivity index (χ3n) is 6.79. The number of hydrogen-bond acceptors (Lipinski definition) is 9. The molecule has 2 amide bonds. The molecule has 0 radical (unpaired) electrons. The topological polar surface area (TPSA) is 149 Å². The van der Waals surface area contributed by atoms with Crippen molar-refractivity contribution >= 4 is 39.4 Å². The van der Waals surface area contributed by atoms with Crippen LogP contribution in [0, 0.1) is 23.2 Å². The Labute approximate surface area is 207 Å². The van der Waals surface area contributed by atoms with Crippen LogP contribution in [0.4, 0.5) is 15.6 Å². The fourth-order valence-corrected chi connectivity index (χ4v) is 5.64. The van der Waals surface area contributed by atoms with Gasteiger partial charge in [0.1, 0.15) is 18.3 Å². The number of aromatic amines is 1. The number of amides is 2. The van der Waals surface area contributed by atoms with Gasteiger partial charge in [0, 0.05) is 61.0 Å². The molecule has 12 heteroatoms. The Morgan fingerprint density at radius 1 is 1.43 bits per heavy atom. The summed E-state index contributed by atoms with van der Waals surface area (Å²) in [6.07, 6.45) is 5.42. The molecule has 3 atom stereocenters. The van der Waals surface area contributed by atoms with Crippen molar-refractivity contribution in [2.45, 2.75) is 38.3 Å². The number of ether oxygens (including phenoxy) is 1. The van der Waals surface area contributed by atoms with E-state index >= 15 is 0 Å². The van der Waals surface area contributed by atoms with Gasteiger partial charge in [0.05, 0.1) is 11.3 Å². The molecule has 35 heavy (non-hydrogen) atoms. The molecule has 2 unspecified atom stereocenters. The average Bonchev–Trinajstić information content (AvgIpc) is 3.59. The SMILES string of the molecule is CN(c1c(C#N)cnc2[nH]ccc12)C1CC2CN(C(=O)Nc3nc(OCC(C)(C)N)ns3)C[C@H]2C1. The first-order chi connectivity index (χ1) is 16.7. The van der Waals surface area contributed by atoms with Gasteiger partial charge in [-0.1, -0.05) is 0 Å². The van der Waals surface area contributed by atoms with Crippen LogP contribution in [0.15, 0.2) is 18.5 Å². The van der Waals surface area contributed by atoms with Crippen LogP contribution in [-0.2, 0) is 0 Å². The molecule has 11 nitrogen and oxygen atoms in total. The maximum Gasteiger partial charge on any atom is 0.330 e. The number of anilines is 2. The summed E-state index contributed by atoms with van der Waals surface area (Å²) < 4.78 is 9.63. The second-order valence-corrected chi connectivity index (χ2v) is 10.9. The number of urea groups is 1. The van der Waals surface area contributed by atoms with E-state index in [1.807, 2.05) is 31.0 Å². The molecule has 4 N–H and O–H groups in total.